The van der Waals surface area contributed by atoms with Crippen molar-refractivity contribution in [3.63, 3.8) is 0 Å². The molecule has 2 aromatic carbocycles. The van der Waals surface area contributed by atoms with Gasteiger partial charge in [-0.1, -0.05) is 17.7 Å². The molecule has 2 aromatic rings. The van der Waals surface area contributed by atoms with Crippen LogP contribution in [0.15, 0.2) is 41.5 Å². The number of nitrogens with zero attached hydrogens (tertiary/aromatic N) is 1. The molecule has 2 rings (SSSR count). The number of amides is 2. The van der Waals surface area contributed by atoms with Gasteiger partial charge in [-0.3, -0.25) is 9.59 Å². The van der Waals surface area contributed by atoms with E-state index in [1.807, 2.05) is 51.1 Å². The van der Waals surface area contributed by atoms with E-state index >= 15 is 0 Å². The van der Waals surface area contributed by atoms with Crippen molar-refractivity contribution in [2.24, 2.45) is 5.10 Å². The van der Waals surface area contributed by atoms with E-state index in [1.165, 1.54) is 6.21 Å². The number of hydrogen-bond acceptors (Lipinski definition) is 5. The number of ether oxygens (including phenoxy) is 2. The first kappa shape index (κ1) is 23.7. The highest BCUT2D eigenvalue weighted by Crippen LogP contribution is 2.33. The summed E-state index contributed by atoms with van der Waals surface area (Å²) in [6.45, 7) is 6.84. The molecular formula is C22H26IN3O4. The van der Waals surface area contributed by atoms with E-state index < -0.39 is 0 Å². The molecular weight excluding hydrogens is 497 g/mol. The van der Waals surface area contributed by atoms with Gasteiger partial charge in [0.25, 0.3) is 0 Å². The molecule has 0 atom stereocenters. The molecule has 0 heterocycles. The summed E-state index contributed by atoms with van der Waals surface area (Å²) >= 11 is 2.17. The lowest BCUT2D eigenvalue weighted by Crippen LogP contribution is -2.20. The second-order valence-electron chi connectivity index (χ2n) is 6.40. The van der Waals surface area contributed by atoms with Crippen molar-refractivity contribution in [1.29, 1.82) is 0 Å². The second kappa shape index (κ2) is 12.2. The van der Waals surface area contributed by atoms with Gasteiger partial charge in [0.1, 0.15) is 0 Å². The predicted molar refractivity (Wildman–Crippen MR) is 126 cm³/mol. The van der Waals surface area contributed by atoms with Gasteiger partial charge in [-0.2, -0.15) is 5.10 Å². The third-order valence-electron chi connectivity index (χ3n) is 3.94. The summed E-state index contributed by atoms with van der Waals surface area (Å²) in [7, 11) is 0. The number of rotatable bonds is 10. The maximum atomic E-state index is 12.0. The van der Waals surface area contributed by atoms with E-state index in [1.54, 1.807) is 6.07 Å². The molecule has 0 bridgehead atoms. The average molecular weight is 523 g/mol. The fourth-order valence-electron chi connectivity index (χ4n) is 2.53. The number of anilines is 1. The van der Waals surface area contributed by atoms with E-state index in [0.29, 0.717) is 30.4 Å². The van der Waals surface area contributed by atoms with Gasteiger partial charge in [-0.15, -0.1) is 0 Å². The number of carbonyl (C=O) groups excluding carboxylic acids is 2. The van der Waals surface area contributed by atoms with Crippen LogP contribution in [0.5, 0.6) is 11.5 Å². The number of hydrogen-bond donors (Lipinski definition) is 2. The molecule has 0 saturated carbocycles. The molecule has 0 saturated heterocycles. The number of benzene rings is 2. The summed E-state index contributed by atoms with van der Waals surface area (Å²) in [6.07, 6.45) is 1.65. The van der Waals surface area contributed by atoms with Crippen LogP contribution in [0.1, 0.15) is 37.8 Å². The number of nitrogens with one attached hydrogen (secondary N) is 2. The van der Waals surface area contributed by atoms with E-state index in [9.17, 15) is 9.59 Å². The topological polar surface area (TPSA) is 89.0 Å². The largest absolute Gasteiger partial charge is 0.490 e. The molecule has 0 unspecified atom stereocenters. The lowest BCUT2D eigenvalue weighted by molar-refractivity contribution is -0.124. The minimum absolute atomic E-state index is 0.0417. The van der Waals surface area contributed by atoms with Crippen molar-refractivity contribution >= 4 is 46.3 Å². The van der Waals surface area contributed by atoms with Crippen LogP contribution in [0.3, 0.4) is 0 Å². The quantitative estimate of drug-likeness (QED) is 0.277. The highest BCUT2D eigenvalue weighted by molar-refractivity contribution is 14.1. The van der Waals surface area contributed by atoms with Crippen LogP contribution in [-0.2, 0) is 9.59 Å². The average Bonchev–Trinajstić information content (AvgIpc) is 2.71. The van der Waals surface area contributed by atoms with Gasteiger partial charge in [0.15, 0.2) is 11.5 Å². The summed E-state index contributed by atoms with van der Waals surface area (Å²) in [5.74, 6) is 0.768. The SMILES string of the molecule is CCOc1cc(C=NNC(=O)CCC(=O)Nc2ccc(C)cc2)cc(I)c1OCC. The van der Waals surface area contributed by atoms with Crippen LogP contribution in [0.25, 0.3) is 0 Å². The lowest BCUT2D eigenvalue weighted by atomic mass is 10.2. The van der Waals surface area contributed by atoms with E-state index in [0.717, 1.165) is 14.7 Å². The van der Waals surface area contributed by atoms with Gasteiger partial charge < -0.3 is 14.8 Å². The maximum Gasteiger partial charge on any atom is 0.240 e. The van der Waals surface area contributed by atoms with E-state index in [4.69, 9.17) is 9.47 Å². The van der Waals surface area contributed by atoms with Crippen molar-refractivity contribution in [2.75, 3.05) is 18.5 Å². The Morgan fingerprint density at radius 2 is 1.70 bits per heavy atom. The zero-order chi connectivity index (χ0) is 21.9. The minimum atomic E-state index is -0.337. The van der Waals surface area contributed by atoms with Gasteiger partial charge in [-0.05, 0) is 73.2 Å². The lowest BCUT2D eigenvalue weighted by Gasteiger charge is -2.13. The van der Waals surface area contributed by atoms with Crippen molar-refractivity contribution < 1.29 is 19.1 Å². The Morgan fingerprint density at radius 1 is 1.03 bits per heavy atom. The van der Waals surface area contributed by atoms with Crippen molar-refractivity contribution in [3.8, 4) is 11.5 Å². The number of halogens is 1. The molecule has 2 amide bonds. The maximum absolute atomic E-state index is 12.0. The smallest absolute Gasteiger partial charge is 0.240 e. The molecule has 0 aromatic heterocycles. The molecule has 0 radical (unpaired) electrons. The van der Waals surface area contributed by atoms with Gasteiger partial charge in [-0.25, -0.2) is 5.43 Å². The van der Waals surface area contributed by atoms with Crippen LogP contribution >= 0.6 is 22.6 Å². The first-order valence-corrected chi connectivity index (χ1v) is 10.8. The highest BCUT2D eigenvalue weighted by Gasteiger charge is 2.11. The second-order valence-corrected chi connectivity index (χ2v) is 7.57. The number of hydrazone groups is 1. The van der Waals surface area contributed by atoms with Crippen LogP contribution in [0.2, 0.25) is 0 Å². The van der Waals surface area contributed by atoms with Gasteiger partial charge in [0, 0.05) is 18.5 Å². The molecule has 30 heavy (non-hydrogen) atoms. The summed E-state index contributed by atoms with van der Waals surface area (Å²) in [5, 5.41) is 6.74. The van der Waals surface area contributed by atoms with E-state index in [-0.39, 0.29) is 24.7 Å². The van der Waals surface area contributed by atoms with Gasteiger partial charge >= 0.3 is 0 Å². The summed E-state index contributed by atoms with van der Waals surface area (Å²) in [5.41, 5.74) is 5.03. The summed E-state index contributed by atoms with van der Waals surface area (Å²) in [6, 6.07) is 11.2. The fraction of sp³-hybridized carbons (Fsp3) is 0.318. The third-order valence-corrected chi connectivity index (χ3v) is 4.74. The Hall–Kier alpha value is -2.62. The molecule has 2 N–H and O–H groups in total. The Kier molecular flexibility index (Phi) is 9.59. The molecule has 0 spiro atoms. The fourth-order valence-corrected chi connectivity index (χ4v) is 3.31. The van der Waals surface area contributed by atoms with Crippen molar-refractivity contribution in [1.82, 2.24) is 5.43 Å². The summed E-state index contributed by atoms with van der Waals surface area (Å²) < 4.78 is 12.2. The molecule has 8 heteroatoms. The number of carbonyl (C=O) groups is 2. The van der Waals surface area contributed by atoms with E-state index in [2.05, 4.69) is 38.4 Å². The first-order chi connectivity index (χ1) is 14.4. The predicted octanol–water partition coefficient (Wildman–Crippen LogP) is 4.27. The first-order valence-electron chi connectivity index (χ1n) is 9.70. The Bertz CT molecular complexity index is 898. The van der Waals surface area contributed by atoms with Gasteiger partial charge in [0.05, 0.1) is 23.0 Å². The van der Waals surface area contributed by atoms with Crippen LogP contribution in [0.4, 0.5) is 5.69 Å². The van der Waals surface area contributed by atoms with Crippen molar-refractivity contribution in [3.05, 3.63) is 51.1 Å². The van der Waals surface area contributed by atoms with Crippen LogP contribution in [-0.4, -0.2) is 31.2 Å². The molecule has 0 fully saturated rings. The normalized spacial score (nSPS) is 10.7. The molecule has 0 aliphatic rings. The van der Waals surface area contributed by atoms with Crippen LogP contribution < -0.4 is 20.2 Å². The third kappa shape index (κ3) is 7.66. The monoisotopic (exact) mass is 523 g/mol. The van der Waals surface area contributed by atoms with Gasteiger partial charge in [0.2, 0.25) is 11.8 Å². The van der Waals surface area contributed by atoms with Crippen LogP contribution in [0, 0.1) is 10.5 Å². The molecule has 7 nitrogen and oxygen atoms in total. The molecule has 0 aliphatic heterocycles. The standard InChI is InChI=1S/C22H26IN3O4/c1-4-29-19-13-16(12-18(23)22(19)30-5-2)14-24-26-21(28)11-10-20(27)25-17-8-6-15(3)7-9-17/h6-9,12-14H,4-5,10-11H2,1-3H3,(H,25,27)(H,26,28). The number of aryl methyl sites for hydroxylation is 1. The zero-order valence-corrected chi connectivity index (χ0v) is 19.5. The summed E-state index contributed by atoms with van der Waals surface area (Å²) in [4.78, 5) is 23.9. The highest BCUT2D eigenvalue weighted by atomic mass is 127. The van der Waals surface area contributed by atoms with Crippen molar-refractivity contribution in [2.45, 2.75) is 33.6 Å². The Labute approximate surface area is 190 Å². The Balaban J connectivity index is 1.86. The minimum Gasteiger partial charge on any atom is -0.490 e. The zero-order valence-electron chi connectivity index (χ0n) is 17.3. The Morgan fingerprint density at radius 3 is 2.37 bits per heavy atom. The molecule has 0 aliphatic carbocycles. The molecule has 160 valence electrons.